The predicted octanol–water partition coefficient (Wildman–Crippen LogP) is -3.50. The van der Waals surface area contributed by atoms with E-state index >= 15 is 0 Å². The lowest BCUT2D eigenvalue weighted by atomic mass is 9.96. The maximum Gasteiger partial charge on any atom is 0.412 e. The molecule has 36 heavy (non-hydrogen) atoms. The maximum atomic E-state index is 12.4. The molecular weight excluding hydrogens is 488 g/mol. The van der Waals surface area contributed by atoms with Crippen molar-refractivity contribution < 1.29 is 58.5 Å². The van der Waals surface area contributed by atoms with Crippen LogP contribution in [0.15, 0.2) is 49.6 Å². The van der Waals surface area contributed by atoms with Gasteiger partial charge in [-0.15, -0.1) is 0 Å². The Hall–Kier alpha value is -4.64. The first kappa shape index (κ1) is 29.4. The molecule has 0 fully saturated rings. The number of nitrogens with two attached hydrogens (primary N) is 2. The Morgan fingerprint density at radius 3 is 1.28 bits per heavy atom. The molecule has 1 aromatic carbocycles. The molecule has 0 aliphatic heterocycles. The van der Waals surface area contributed by atoms with Crippen LogP contribution in [0.3, 0.4) is 0 Å². The monoisotopic (exact) mass is 510 g/mol. The molecule has 194 valence electrons. The average Bonchev–Trinajstić information content (AvgIpc) is 2.89. The van der Waals surface area contributed by atoms with E-state index in [4.69, 9.17) is 11.5 Å². The summed E-state index contributed by atoms with van der Waals surface area (Å²) in [4.78, 5) is 87.3. The number of aliphatic hydroxyl groups is 2. The summed E-state index contributed by atoms with van der Waals surface area (Å²) in [5.41, 5.74) is 3.48. The number of benzene rings is 1. The fraction of sp³-hybridized carbons (Fsp3) is 0.200. The molecule has 0 bridgehead atoms. The van der Waals surface area contributed by atoms with Crippen LogP contribution in [0.2, 0.25) is 0 Å². The smallest absolute Gasteiger partial charge is 0.358 e. The first-order valence-corrected chi connectivity index (χ1v) is 9.56. The van der Waals surface area contributed by atoms with Crippen molar-refractivity contribution in [3.05, 3.63) is 60.7 Å². The van der Waals surface area contributed by atoms with E-state index in [9.17, 15) is 39.0 Å². The highest BCUT2D eigenvalue weighted by molar-refractivity contribution is 5.90. The van der Waals surface area contributed by atoms with E-state index in [1.165, 1.54) is 0 Å². The second-order valence-corrected chi connectivity index (χ2v) is 6.46. The van der Waals surface area contributed by atoms with E-state index in [0.29, 0.717) is 12.2 Å². The third-order valence-electron chi connectivity index (χ3n) is 4.06. The normalized spacial score (nSPS) is 13.4. The SMILES string of the molecule is C=CC(=O)OOC(=O)C(O)(NC(=O)CN)c1ccc(C(O)(NC(=O)CN)C(=O)OOC(=O)C=C)cc1. The van der Waals surface area contributed by atoms with Gasteiger partial charge < -0.3 is 32.3 Å². The van der Waals surface area contributed by atoms with E-state index in [1.54, 1.807) is 0 Å². The van der Waals surface area contributed by atoms with Crippen LogP contribution in [-0.4, -0.2) is 59.0 Å². The van der Waals surface area contributed by atoms with Gasteiger partial charge in [-0.1, -0.05) is 37.4 Å². The van der Waals surface area contributed by atoms with Gasteiger partial charge in [0.05, 0.1) is 13.1 Å². The summed E-state index contributed by atoms with van der Waals surface area (Å²) in [6.45, 7) is 4.79. The molecule has 0 aliphatic carbocycles. The molecule has 1 rings (SSSR count). The Morgan fingerprint density at radius 2 is 1.03 bits per heavy atom. The lowest BCUT2D eigenvalue weighted by Crippen LogP contribution is -2.55. The average molecular weight is 510 g/mol. The fourth-order valence-corrected chi connectivity index (χ4v) is 2.29. The van der Waals surface area contributed by atoms with Crippen LogP contribution in [0.4, 0.5) is 0 Å². The minimum Gasteiger partial charge on any atom is -0.358 e. The predicted molar refractivity (Wildman–Crippen MR) is 113 cm³/mol. The number of carbonyl (C=O) groups excluding carboxylic acids is 6. The Morgan fingerprint density at radius 1 is 0.722 bits per heavy atom. The van der Waals surface area contributed by atoms with Gasteiger partial charge in [-0.25, -0.2) is 38.7 Å². The van der Waals surface area contributed by atoms with E-state index in [-0.39, 0.29) is 0 Å². The van der Waals surface area contributed by atoms with Crippen molar-refractivity contribution in [2.75, 3.05) is 13.1 Å². The number of hydrogen-bond donors (Lipinski definition) is 6. The van der Waals surface area contributed by atoms with Gasteiger partial charge in [-0.3, -0.25) is 9.59 Å². The Bertz CT molecular complexity index is 974. The van der Waals surface area contributed by atoms with Gasteiger partial charge in [-0.05, 0) is 0 Å². The van der Waals surface area contributed by atoms with Crippen molar-refractivity contribution >= 4 is 35.7 Å². The van der Waals surface area contributed by atoms with Crippen molar-refractivity contribution in [2.45, 2.75) is 11.4 Å². The minimum atomic E-state index is -2.99. The van der Waals surface area contributed by atoms with Crippen LogP contribution in [0.5, 0.6) is 0 Å². The zero-order chi connectivity index (χ0) is 27.5. The third-order valence-corrected chi connectivity index (χ3v) is 4.06. The summed E-state index contributed by atoms with van der Waals surface area (Å²) < 4.78 is 0. The van der Waals surface area contributed by atoms with Gasteiger partial charge in [0, 0.05) is 23.3 Å². The molecule has 0 aliphatic rings. The largest absolute Gasteiger partial charge is 0.412 e. The van der Waals surface area contributed by atoms with Gasteiger partial charge in [0.2, 0.25) is 11.8 Å². The molecule has 2 unspecified atom stereocenters. The van der Waals surface area contributed by atoms with Gasteiger partial charge >= 0.3 is 23.9 Å². The van der Waals surface area contributed by atoms with Gasteiger partial charge in [0.25, 0.3) is 11.4 Å². The summed E-state index contributed by atoms with van der Waals surface area (Å²) in [6.07, 6.45) is 1.28. The molecular formula is C20H22N4O12. The Labute approximate surface area is 202 Å². The summed E-state index contributed by atoms with van der Waals surface area (Å²) in [5, 5.41) is 25.3. The Balaban J connectivity index is 3.42. The molecule has 16 nitrogen and oxygen atoms in total. The van der Waals surface area contributed by atoms with E-state index in [0.717, 1.165) is 24.3 Å². The zero-order valence-electron chi connectivity index (χ0n) is 18.4. The highest BCUT2D eigenvalue weighted by Gasteiger charge is 2.46. The minimum absolute atomic E-state index is 0.452. The summed E-state index contributed by atoms with van der Waals surface area (Å²) in [5.74, 6) is -7.91. The van der Waals surface area contributed by atoms with Crippen molar-refractivity contribution in [1.29, 1.82) is 0 Å². The van der Waals surface area contributed by atoms with Crippen LogP contribution >= 0.6 is 0 Å². The highest BCUT2D eigenvalue weighted by Crippen LogP contribution is 2.26. The molecule has 0 saturated heterocycles. The highest BCUT2D eigenvalue weighted by atomic mass is 17.2. The maximum absolute atomic E-state index is 12.4. The number of nitrogens with one attached hydrogen (secondary N) is 2. The Kier molecular flexibility index (Phi) is 10.4. The second kappa shape index (κ2) is 12.7. The van der Waals surface area contributed by atoms with Crippen molar-refractivity contribution in [3.63, 3.8) is 0 Å². The van der Waals surface area contributed by atoms with Crippen LogP contribution < -0.4 is 22.1 Å². The molecule has 2 amide bonds. The number of carbonyl (C=O) groups is 6. The summed E-state index contributed by atoms with van der Waals surface area (Å²) in [6, 6.07) is 3.58. The first-order valence-electron chi connectivity index (χ1n) is 9.56. The number of hydrogen-bond acceptors (Lipinski definition) is 14. The van der Waals surface area contributed by atoms with Gasteiger partial charge in [-0.2, -0.15) is 0 Å². The molecule has 0 saturated carbocycles. The van der Waals surface area contributed by atoms with Crippen molar-refractivity contribution in [2.24, 2.45) is 11.5 Å². The first-order chi connectivity index (χ1) is 16.9. The molecule has 0 heterocycles. The lowest BCUT2D eigenvalue weighted by molar-refractivity contribution is -0.270. The van der Waals surface area contributed by atoms with E-state index in [1.807, 2.05) is 10.6 Å². The molecule has 0 radical (unpaired) electrons. The van der Waals surface area contributed by atoms with Crippen LogP contribution in [0.25, 0.3) is 0 Å². The van der Waals surface area contributed by atoms with Crippen LogP contribution in [0, 0.1) is 0 Å². The molecule has 0 aromatic heterocycles. The molecule has 0 spiro atoms. The zero-order valence-corrected chi connectivity index (χ0v) is 18.4. The topological polar surface area (TPSA) is 256 Å². The molecule has 16 heteroatoms. The third kappa shape index (κ3) is 7.18. The molecule has 1 aromatic rings. The number of rotatable bonds is 10. The van der Waals surface area contributed by atoms with Crippen LogP contribution in [-0.2, 0) is 59.8 Å². The molecule has 8 N–H and O–H groups in total. The fourth-order valence-electron chi connectivity index (χ4n) is 2.29. The van der Waals surface area contributed by atoms with Gasteiger partial charge in [0.1, 0.15) is 0 Å². The van der Waals surface area contributed by atoms with E-state index in [2.05, 4.69) is 32.7 Å². The summed E-state index contributed by atoms with van der Waals surface area (Å²) >= 11 is 0. The van der Waals surface area contributed by atoms with Crippen LogP contribution in [0.1, 0.15) is 11.1 Å². The van der Waals surface area contributed by atoms with Crippen molar-refractivity contribution in [3.8, 4) is 0 Å². The standard InChI is InChI=1S/C20H22N4O12/c1-3-15(27)33-35-17(29)19(31,23-13(25)9-21)11-5-7-12(8-6-11)20(32,24-14(26)10-22)18(30)36-34-16(28)4-2/h3-8,31-32H,1-2,9-10,21-22H2,(H,23,25)(H,24,26). The van der Waals surface area contributed by atoms with E-state index < -0.39 is 71.4 Å². The quantitative estimate of drug-likeness (QED) is 0.0773. The van der Waals surface area contributed by atoms with Crippen molar-refractivity contribution in [1.82, 2.24) is 10.6 Å². The van der Waals surface area contributed by atoms with Gasteiger partial charge in [0.15, 0.2) is 0 Å². The second-order valence-electron chi connectivity index (χ2n) is 6.46. The summed E-state index contributed by atoms with van der Waals surface area (Å²) in [7, 11) is 0. The molecule has 2 atom stereocenters. The number of amides is 2. The lowest BCUT2D eigenvalue weighted by Gasteiger charge is -2.28.